The molecule has 1 unspecified atom stereocenters. The molecule has 0 radical (unpaired) electrons. The number of rotatable bonds is 40. The number of allylic oxidation sites excluding steroid dienone is 7. The second kappa shape index (κ2) is 37.8. The van der Waals surface area contributed by atoms with Crippen molar-refractivity contribution in [1.29, 1.82) is 0 Å². The Hall–Kier alpha value is -1.96. The molecule has 0 fully saturated rings. The topological polar surface area (TPSA) is 216 Å². The van der Waals surface area contributed by atoms with E-state index in [0.29, 0.717) is 19.3 Å². The second-order valence-corrected chi connectivity index (χ2v) is 18.0. The Morgan fingerprint density at radius 3 is 1.76 bits per heavy atom. The summed E-state index contributed by atoms with van der Waals surface area (Å²) in [4.78, 5) is 52.6. The summed E-state index contributed by atoms with van der Waals surface area (Å²) in [5.41, 5.74) is 0. The van der Waals surface area contributed by atoms with Crippen LogP contribution in [0.1, 0.15) is 162 Å². The summed E-state index contributed by atoms with van der Waals surface area (Å²) in [5, 5.41) is 19.6. The summed E-state index contributed by atoms with van der Waals surface area (Å²) < 4.78 is 47.7. The van der Waals surface area contributed by atoms with E-state index in [1.807, 2.05) is 48.6 Å². The summed E-state index contributed by atoms with van der Waals surface area (Å²) >= 11 is 0. The van der Waals surface area contributed by atoms with Gasteiger partial charge in [0.1, 0.15) is 12.7 Å². The number of hydrogen-bond acceptors (Lipinski definition) is 11. The molecule has 0 heterocycles. The Bertz CT molecular complexity index is 1260. The molecular formula is C43H78O14P2. The molecule has 59 heavy (non-hydrogen) atoms. The van der Waals surface area contributed by atoms with Crippen LogP contribution in [-0.2, 0) is 41.8 Å². The molecule has 5 N–H and O–H groups in total. The molecule has 0 aliphatic rings. The lowest BCUT2D eigenvalue weighted by molar-refractivity contribution is -0.161. The largest absolute Gasteiger partial charge is 0.472 e. The molecule has 0 rings (SSSR count). The summed E-state index contributed by atoms with van der Waals surface area (Å²) in [7, 11) is -9.70. The molecule has 0 aromatic carbocycles. The van der Waals surface area contributed by atoms with E-state index in [-0.39, 0.29) is 12.8 Å². The first-order valence-electron chi connectivity index (χ1n) is 21.8. The fraction of sp³-hybridized carbons (Fsp3) is 0.767. The van der Waals surface area contributed by atoms with Crippen molar-refractivity contribution in [2.24, 2.45) is 5.92 Å². The van der Waals surface area contributed by atoms with Gasteiger partial charge in [0.15, 0.2) is 6.10 Å². The zero-order chi connectivity index (χ0) is 44.0. The van der Waals surface area contributed by atoms with Crippen LogP contribution < -0.4 is 0 Å². The highest BCUT2D eigenvalue weighted by atomic mass is 31.2. The van der Waals surface area contributed by atoms with Gasteiger partial charge in [-0.2, -0.15) is 0 Å². The van der Waals surface area contributed by atoms with Gasteiger partial charge in [0.05, 0.1) is 25.9 Å². The molecule has 0 saturated carbocycles. The van der Waals surface area contributed by atoms with Gasteiger partial charge in [0, 0.05) is 12.8 Å². The monoisotopic (exact) mass is 880 g/mol. The van der Waals surface area contributed by atoms with Gasteiger partial charge in [-0.25, -0.2) is 9.13 Å². The number of ether oxygens (including phenoxy) is 2. The van der Waals surface area contributed by atoms with Crippen molar-refractivity contribution in [2.45, 2.75) is 180 Å². The molecule has 14 nitrogen and oxygen atoms in total. The minimum absolute atomic E-state index is 0.0990. The van der Waals surface area contributed by atoms with Crippen LogP contribution in [0.15, 0.2) is 48.6 Å². The fourth-order valence-corrected chi connectivity index (χ4v) is 6.79. The van der Waals surface area contributed by atoms with Gasteiger partial charge in [-0.3, -0.25) is 23.2 Å². The van der Waals surface area contributed by atoms with Gasteiger partial charge >= 0.3 is 27.6 Å². The number of unbranched alkanes of at least 4 members (excludes halogenated alkanes) is 13. The summed E-state index contributed by atoms with van der Waals surface area (Å²) in [6.45, 7) is 3.86. The van der Waals surface area contributed by atoms with Crippen molar-refractivity contribution in [3.05, 3.63) is 48.6 Å². The fourth-order valence-electron chi connectivity index (χ4n) is 5.64. The van der Waals surface area contributed by atoms with Crippen molar-refractivity contribution < 1.29 is 66.7 Å². The van der Waals surface area contributed by atoms with E-state index in [4.69, 9.17) is 23.8 Å². The second-order valence-electron chi connectivity index (χ2n) is 15.3. The number of esters is 2. The summed E-state index contributed by atoms with van der Waals surface area (Å²) in [6.07, 6.45) is 33.0. The van der Waals surface area contributed by atoms with Crippen molar-refractivity contribution in [3.8, 4) is 0 Å². The number of phosphoric acid groups is 2. The molecule has 344 valence electrons. The van der Waals surface area contributed by atoms with Crippen LogP contribution in [0.25, 0.3) is 0 Å². The van der Waals surface area contributed by atoms with Crippen LogP contribution in [0, 0.1) is 5.92 Å². The average Bonchev–Trinajstić information content (AvgIpc) is 3.17. The van der Waals surface area contributed by atoms with E-state index in [1.165, 1.54) is 44.9 Å². The highest BCUT2D eigenvalue weighted by molar-refractivity contribution is 7.47. The third-order valence-corrected chi connectivity index (χ3v) is 10.4. The van der Waals surface area contributed by atoms with Crippen LogP contribution in [0.5, 0.6) is 0 Å². The van der Waals surface area contributed by atoms with Crippen LogP contribution in [-0.4, -0.2) is 81.6 Å². The highest BCUT2D eigenvalue weighted by Gasteiger charge is 2.28. The minimum atomic E-state index is -4.87. The van der Waals surface area contributed by atoms with Gasteiger partial charge < -0.3 is 34.4 Å². The first-order valence-corrected chi connectivity index (χ1v) is 24.8. The number of hydrogen-bond donors (Lipinski definition) is 5. The van der Waals surface area contributed by atoms with E-state index >= 15 is 0 Å². The molecule has 0 aliphatic heterocycles. The maximum atomic E-state index is 12.6. The molecule has 0 aromatic rings. The van der Waals surface area contributed by atoms with Crippen LogP contribution in [0.3, 0.4) is 0 Å². The number of aliphatic hydroxyl groups excluding tert-OH is 2. The Kier molecular flexibility index (Phi) is 36.5. The van der Waals surface area contributed by atoms with E-state index in [9.17, 15) is 33.8 Å². The van der Waals surface area contributed by atoms with Gasteiger partial charge in [-0.05, 0) is 44.4 Å². The molecule has 0 spiro atoms. The highest BCUT2D eigenvalue weighted by Crippen LogP contribution is 2.43. The van der Waals surface area contributed by atoms with E-state index < -0.39 is 72.3 Å². The average molecular weight is 881 g/mol. The zero-order valence-corrected chi connectivity index (χ0v) is 37.9. The lowest BCUT2D eigenvalue weighted by atomic mass is 10.0. The smallest absolute Gasteiger partial charge is 0.462 e. The number of phosphoric ester groups is 2. The first kappa shape index (κ1) is 57.0. The molecule has 4 atom stereocenters. The Labute approximate surface area is 354 Å². The Balaban J connectivity index is 4.64. The standard InChI is InChI=1S/C43H78O14P2/c1-4-5-24-30-39(44)31-26-21-17-13-9-7-10-14-18-22-27-32-42(46)53-36-41(37-56-59(51,52)55-35-40(45)34-54-58(48,49)50)57-43(47)33-28-23-19-15-11-6-8-12-16-20-25-29-38(2)3/h7,9,14,17-18,21,26,31,38-41,44-45H,4-6,8,10-13,15-16,19-20,22-25,27-30,32-37H2,1-3H3,(H,51,52)(H2,48,49,50)/b9-7-,18-14-,21-17-,31-26+/t39-,40+,41-/m1/s1. The molecule has 0 aromatic heterocycles. The lowest BCUT2D eigenvalue weighted by Crippen LogP contribution is -2.30. The number of carbonyl (C=O) groups excluding carboxylic acids is 2. The molecule has 0 bridgehead atoms. The Morgan fingerprint density at radius 1 is 0.593 bits per heavy atom. The summed E-state index contributed by atoms with van der Waals surface area (Å²) in [5.74, 6) is -0.350. The summed E-state index contributed by atoms with van der Waals surface area (Å²) in [6, 6.07) is 0. The SMILES string of the molecule is CCCCC[C@@H](O)/C=C/C=C\C/C=C\C/C=C\CCCC(=O)OC[C@H](COP(=O)(O)OC[C@@H](O)COP(=O)(O)O)OC(=O)CCCCCCCCCCCCCC(C)C. The van der Waals surface area contributed by atoms with E-state index in [1.54, 1.807) is 0 Å². The minimum Gasteiger partial charge on any atom is -0.462 e. The third kappa shape index (κ3) is 42.5. The molecule has 0 amide bonds. The number of aliphatic hydroxyl groups is 2. The quantitative estimate of drug-likeness (QED) is 0.0127. The molecular weight excluding hydrogens is 802 g/mol. The molecule has 0 aliphatic carbocycles. The maximum absolute atomic E-state index is 12.6. The van der Waals surface area contributed by atoms with Gasteiger partial charge in [-0.1, -0.05) is 159 Å². The first-order chi connectivity index (χ1) is 28.1. The lowest BCUT2D eigenvalue weighted by Gasteiger charge is -2.20. The van der Waals surface area contributed by atoms with Crippen LogP contribution in [0.4, 0.5) is 0 Å². The van der Waals surface area contributed by atoms with E-state index in [0.717, 1.165) is 70.1 Å². The Morgan fingerprint density at radius 2 is 1.14 bits per heavy atom. The molecule has 16 heteroatoms. The van der Waals surface area contributed by atoms with Crippen molar-refractivity contribution in [3.63, 3.8) is 0 Å². The predicted octanol–water partition coefficient (Wildman–Crippen LogP) is 9.89. The van der Waals surface area contributed by atoms with E-state index in [2.05, 4.69) is 29.8 Å². The van der Waals surface area contributed by atoms with Gasteiger partial charge in [0.2, 0.25) is 0 Å². The normalized spacial score (nSPS) is 15.1. The zero-order valence-electron chi connectivity index (χ0n) is 36.1. The predicted molar refractivity (Wildman–Crippen MR) is 231 cm³/mol. The van der Waals surface area contributed by atoms with Crippen molar-refractivity contribution in [2.75, 3.05) is 26.4 Å². The van der Waals surface area contributed by atoms with Crippen molar-refractivity contribution >= 4 is 27.6 Å². The van der Waals surface area contributed by atoms with Crippen LogP contribution >= 0.6 is 15.6 Å². The molecule has 0 saturated heterocycles. The third-order valence-electron chi connectivity index (χ3n) is 8.99. The maximum Gasteiger partial charge on any atom is 0.472 e. The van der Waals surface area contributed by atoms with Gasteiger partial charge in [0.25, 0.3) is 0 Å². The number of carbonyl (C=O) groups is 2. The van der Waals surface area contributed by atoms with Crippen LogP contribution in [0.2, 0.25) is 0 Å². The van der Waals surface area contributed by atoms with Gasteiger partial charge in [-0.15, -0.1) is 0 Å². The van der Waals surface area contributed by atoms with Crippen molar-refractivity contribution in [1.82, 2.24) is 0 Å².